The summed E-state index contributed by atoms with van der Waals surface area (Å²) in [5, 5.41) is 0. The summed E-state index contributed by atoms with van der Waals surface area (Å²) in [6.45, 7) is 0.895. The van der Waals surface area contributed by atoms with E-state index in [9.17, 15) is 17.2 Å². The highest BCUT2D eigenvalue weighted by Crippen LogP contribution is 2.58. The zero-order valence-corrected chi connectivity index (χ0v) is 10.7. The van der Waals surface area contributed by atoms with Crippen molar-refractivity contribution in [2.24, 2.45) is 0 Å². The number of benzene rings is 1. The van der Waals surface area contributed by atoms with Gasteiger partial charge in [-0.3, -0.25) is 0 Å². The van der Waals surface area contributed by atoms with E-state index in [2.05, 4.69) is 0 Å². The Labute approximate surface area is 103 Å². The second-order valence-electron chi connectivity index (χ2n) is 4.43. The van der Waals surface area contributed by atoms with Crippen LogP contribution in [0.1, 0.15) is 25.3 Å². The lowest BCUT2D eigenvalue weighted by Gasteiger charge is -2.23. The van der Waals surface area contributed by atoms with Crippen LogP contribution in [0.15, 0.2) is 29.2 Å². The second kappa shape index (κ2) is 3.65. The van der Waals surface area contributed by atoms with Crippen molar-refractivity contribution in [1.82, 2.24) is 0 Å². The monoisotopic (exact) mass is 280 g/mol. The van der Waals surface area contributed by atoms with Crippen molar-refractivity contribution >= 4 is 19.7 Å². The third-order valence-corrected chi connectivity index (χ3v) is 4.65. The van der Waals surface area contributed by atoms with Gasteiger partial charge in [-0.1, -0.05) is 12.1 Å². The minimum absolute atomic E-state index is 0.0712. The zero-order valence-electron chi connectivity index (χ0n) is 9.08. The van der Waals surface area contributed by atoms with Crippen LogP contribution in [0.25, 0.3) is 0 Å². The van der Waals surface area contributed by atoms with Crippen LogP contribution in [0.4, 0.5) is 8.78 Å². The van der Waals surface area contributed by atoms with Crippen molar-refractivity contribution in [3.8, 4) is 0 Å². The Bertz CT molecular complexity index is 528. The predicted molar refractivity (Wildman–Crippen MR) is 61.0 cm³/mol. The zero-order chi connectivity index (χ0) is 12.9. The molecule has 0 heterocycles. The maximum atomic E-state index is 13.4. The van der Waals surface area contributed by atoms with Crippen LogP contribution in [0, 0.1) is 0 Å². The number of alkyl halides is 2. The van der Waals surface area contributed by atoms with Gasteiger partial charge in [-0.2, -0.15) is 0 Å². The summed E-state index contributed by atoms with van der Waals surface area (Å²) in [5.41, 5.74) is -0.657. The first kappa shape index (κ1) is 12.8. The van der Waals surface area contributed by atoms with E-state index in [1.807, 2.05) is 0 Å². The highest BCUT2D eigenvalue weighted by atomic mass is 35.7. The molecule has 2 nitrogen and oxygen atoms in total. The molecular formula is C11H11ClF2O2S. The van der Waals surface area contributed by atoms with Crippen LogP contribution >= 0.6 is 10.7 Å². The molecule has 0 N–H and O–H groups in total. The molecule has 0 radical (unpaired) electrons. The van der Waals surface area contributed by atoms with E-state index in [1.165, 1.54) is 24.3 Å². The SMILES string of the molecule is CC(F)(F)C1(c2ccc(S(=O)(=O)Cl)cc2)CC1. The van der Waals surface area contributed by atoms with Crippen molar-refractivity contribution in [1.29, 1.82) is 0 Å². The van der Waals surface area contributed by atoms with E-state index in [-0.39, 0.29) is 4.90 Å². The highest BCUT2D eigenvalue weighted by molar-refractivity contribution is 8.13. The molecule has 0 aliphatic heterocycles. The number of halogens is 3. The van der Waals surface area contributed by atoms with Gasteiger partial charge in [-0.05, 0) is 30.5 Å². The molecule has 0 atom stereocenters. The first-order valence-corrected chi connectivity index (χ1v) is 7.41. The van der Waals surface area contributed by atoms with Crippen molar-refractivity contribution in [3.05, 3.63) is 29.8 Å². The summed E-state index contributed by atoms with van der Waals surface area (Å²) in [5.74, 6) is -2.80. The second-order valence-corrected chi connectivity index (χ2v) is 7.00. The number of rotatable bonds is 3. The largest absolute Gasteiger partial charge is 0.261 e. The fourth-order valence-corrected chi connectivity index (χ4v) is 2.81. The fourth-order valence-electron chi connectivity index (χ4n) is 2.04. The summed E-state index contributed by atoms with van der Waals surface area (Å²) in [6.07, 6.45) is 0.840. The van der Waals surface area contributed by atoms with E-state index in [0.717, 1.165) is 6.92 Å². The Morgan fingerprint density at radius 1 is 1.24 bits per heavy atom. The van der Waals surface area contributed by atoms with Gasteiger partial charge in [-0.15, -0.1) is 0 Å². The van der Waals surface area contributed by atoms with E-state index in [4.69, 9.17) is 10.7 Å². The Balaban J connectivity index is 2.38. The maximum absolute atomic E-state index is 13.4. The van der Waals surface area contributed by atoms with Crippen LogP contribution in [0.5, 0.6) is 0 Å². The normalized spacial score (nSPS) is 19.1. The molecule has 0 amide bonds. The molecule has 6 heteroatoms. The van der Waals surface area contributed by atoms with E-state index in [1.54, 1.807) is 0 Å². The smallest absolute Gasteiger partial charge is 0.207 e. The summed E-state index contributed by atoms with van der Waals surface area (Å²) in [7, 11) is 1.36. The average Bonchev–Trinajstić information content (AvgIpc) is 2.96. The molecule has 0 aromatic heterocycles. The summed E-state index contributed by atoms with van der Waals surface area (Å²) in [6, 6.07) is 5.37. The predicted octanol–water partition coefficient (Wildman–Crippen LogP) is 3.30. The molecule has 0 saturated heterocycles. The Morgan fingerprint density at radius 2 is 1.71 bits per heavy atom. The van der Waals surface area contributed by atoms with Crippen LogP contribution < -0.4 is 0 Å². The van der Waals surface area contributed by atoms with Crippen LogP contribution in [0.3, 0.4) is 0 Å². The maximum Gasteiger partial charge on any atom is 0.261 e. The molecule has 1 saturated carbocycles. The van der Waals surface area contributed by atoms with Crippen molar-refractivity contribution in [3.63, 3.8) is 0 Å². The molecular weight excluding hydrogens is 270 g/mol. The minimum Gasteiger partial charge on any atom is -0.207 e. The van der Waals surface area contributed by atoms with Gasteiger partial charge >= 0.3 is 0 Å². The first-order valence-electron chi connectivity index (χ1n) is 5.10. The Kier molecular flexibility index (Phi) is 2.74. The van der Waals surface area contributed by atoms with Crippen LogP contribution in [-0.4, -0.2) is 14.3 Å². The molecule has 1 aliphatic carbocycles. The molecule has 1 fully saturated rings. The lowest BCUT2D eigenvalue weighted by Crippen LogP contribution is -2.29. The van der Waals surface area contributed by atoms with Gasteiger partial charge < -0.3 is 0 Å². The van der Waals surface area contributed by atoms with Gasteiger partial charge in [0, 0.05) is 17.6 Å². The fraction of sp³-hybridized carbons (Fsp3) is 0.455. The topological polar surface area (TPSA) is 34.1 Å². The van der Waals surface area contributed by atoms with Crippen molar-refractivity contribution in [2.75, 3.05) is 0 Å². The molecule has 94 valence electrons. The molecule has 17 heavy (non-hydrogen) atoms. The Hall–Kier alpha value is -0.680. The van der Waals surface area contributed by atoms with Crippen LogP contribution in [0.2, 0.25) is 0 Å². The van der Waals surface area contributed by atoms with Crippen molar-refractivity contribution < 1.29 is 17.2 Å². The van der Waals surface area contributed by atoms with Crippen molar-refractivity contribution in [2.45, 2.75) is 36.0 Å². The average molecular weight is 281 g/mol. The molecule has 0 unspecified atom stereocenters. The summed E-state index contributed by atoms with van der Waals surface area (Å²) in [4.78, 5) is -0.0712. The lowest BCUT2D eigenvalue weighted by atomic mass is 9.90. The third-order valence-electron chi connectivity index (χ3n) is 3.28. The summed E-state index contributed by atoms with van der Waals surface area (Å²) < 4.78 is 48.9. The molecule has 0 bridgehead atoms. The quantitative estimate of drug-likeness (QED) is 0.796. The summed E-state index contributed by atoms with van der Waals surface area (Å²) >= 11 is 0. The molecule has 1 aromatic rings. The first-order chi connectivity index (χ1) is 7.67. The van der Waals surface area contributed by atoms with E-state index < -0.39 is 20.4 Å². The van der Waals surface area contributed by atoms with Gasteiger partial charge in [-0.25, -0.2) is 17.2 Å². The lowest BCUT2D eigenvalue weighted by molar-refractivity contribution is -0.0200. The van der Waals surface area contributed by atoms with E-state index >= 15 is 0 Å². The third kappa shape index (κ3) is 2.18. The van der Waals surface area contributed by atoms with Crippen LogP contribution in [-0.2, 0) is 14.5 Å². The van der Waals surface area contributed by atoms with Gasteiger partial charge in [0.15, 0.2) is 0 Å². The molecule has 2 rings (SSSR count). The molecule has 1 aromatic carbocycles. The van der Waals surface area contributed by atoms with Gasteiger partial charge in [0.1, 0.15) is 0 Å². The van der Waals surface area contributed by atoms with Gasteiger partial charge in [0.2, 0.25) is 0 Å². The highest BCUT2D eigenvalue weighted by Gasteiger charge is 2.59. The standard InChI is InChI=1S/C11H11ClF2O2S/c1-10(13,14)11(6-7-11)8-2-4-9(5-3-8)17(12,15)16/h2-5H,6-7H2,1H3. The number of hydrogen-bond donors (Lipinski definition) is 0. The van der Waals surface area contributed by atoms with Gasteiger partial charge in [0.05, 0.1) is 10.3 Å². The number of hydrogen-bond acceptors (Lipinski definition) is 2. The Morgan fingerprint density at radius 3 is 2.00 bits per heavy atom. The minimum atomic E-state index is -3.80. The molecule has 1 aliphatic rings. The van der Waals surface area contributed by atoms with Gasteiger partial charge in [0.25, 0.3) is 15.0 Å². The van der Waals surface area contributed by atoms with E-state index in [0.29, 0.717) is 18.4 Å². The molecule has 0 spiro atoms.